The lowest BCUT2D eigenvalue weighted by Gasteiger charge is -2.08. The third kappa shape index (κ3) is 6.37. The minimum Gasteiger partial charge on any atom is -0.421 e. The first-order valence-corrected chi connectivity index (χ1v) is 7.64. The van der Waals surface area contributed by atoms with Gasteiger partial charge in [-0.15, -0.1) is 10.2 Å². The van der Waals surface area contributed by atoms with E-state index in [4.69, 9.17) is 4.42 Å². The summed E-state index contributed by atoms with van der Waals surface area (Å²) in [6.45, 7) is -1.51. The number of nitrogens with one attached hydrogen (secondary N) is 1. The predicted octanol–water partition coefficient (Wildman–Crippen LogP) is 2.43. The van der Waals surface area contributed by atoms with Crippen LogP contribution in [0.5, 0.6) is 0 Å². The van der Waals surface area contributed by atoms with Crippen molar-refractivity contribution in [3.05, 3.63) is 22.7 Å². The van der Waals surface area contributed by atoms with Gasteiger partial charge in [-0.3, -0.25) is 4.79 Å². The number of thiophene rings is 1. The molecule has 0 atom stereocenters. The maximum absolute atomic E-state index is 11.8. The molecular weight excluding hydrogens is 335 g/mol. The fourth-order valence-corrected chi connectivity index (χ4v) is 2.25. The van der Waals surface area contributed by atoms with Crippen LogP contribution in [0, 0.1) is 0 Å². The van der Waals surface area contributed by atoms with Gasteiger partial charge in [0, 0.05) is 30.3 Å². The largest absolute Gasteiger partial charge is 0.421 e. The zero-order valence-corrected chi connectivity index (χ0v) is 12.7. The quantitative estimate of drug-likeness (QED) is 0.741. The summed E-state index contributed by atoms with van der Waals surface area (Å²) in [5, 5.41) is 13.9. The van der Waals surface area contributed by atoms with Crippen LogP contribution in [0.3, 0.4) is 0 Å². The van der Waals surface area contributed by atoms with Crippen LogP contribution in [0.25, 0.3) is 11.5 Å². The van der Waals surface area contributed by atoms with E-state index in [1.165, 1.54) is 11.3 Å². The van der Waals surface area contributed by atoms with E-state index >= 15 is 0 Å². The molecule has 6 nitrogen and oxygen atoms in total. The number of hydrogen-bond donors (Lipinski definition) is 1. The van der Waals surface area contributed by atoms with Gasteiger partial charge in [0.05, 0.1) is 6.61 Å². The molecule has 2 heterocycles. The average Bonchev–Trinajstić information content (AvgIpc) is 3.14. The molecule has 1 N–H and O–H groups in total. The summed E-state index contributed by atoms with van der Waals surface area (Å²) in [6, 6.07) is 1.84. The summed E-state index contributed by atoms with van der Waals surface area (Å²) >= 11 is 1.50. The lowest BCUT2D eigenvalue weighted by atomic mass is 10.3. The Hall–Kier alpha value is -1.94. The van der Waals surface area contributed by atoms with Crippen molar-refractivity contribution in [2.45, 2.75) is 19.0 Å². The smallest absolute Gasteiger partial charge is 0.411 e. The Morgan fingerprint density at radius 2 is 2.22 bits per heavy atom. The Morgan fingerprint density at radius 1 is 1.39 bits per heavy atom. The molecule has 0 saturated heterocycles. The third-order valence-electron chi connectivity index (χ3n) is 2.64. The van der Waals surface area contributed by atoms with Gasteiger partial charge in [-0.05, 0) is 11.4 Å². The van der Waals surface area contributed by atoms with Crippen molar-refractivity contribution >= 4 is 17.2 Å². The van der Waals surface area contributed by atoms with Crippen LogP contribution in [-0.2, 0) is 16.0 Å². The van der Waals surface area contributed by atoms with Crippen molar-refractivity contribution in [1.82, 2.24) is 15.5 Å². The summed E-state index contributed by atoms with van der Waals surface area (Å²) in [5.41, 5.74) is 0.819. The summed E-state index contributed by atoms with van der Waals surface area (Å²) in [4.78, 5) is 11.5. The van der Waals surface area contributed by atoms with Crippen LogP contribution in [0.4, 0.5) is 13.2 Å². The van der Waals surface area contributed by atoms with E-state index in [2.05, 4.69) is 20.3 Å². The summed E-state index contributed by atoms with van der Waals surface area (Å²) in [5.74, 6) is 0.396. The second-order valence-electron chi connectivity index (χ2n) is 4.53. The number of rotatable bonds is 8. The maximum atomic E-state index is 11.8. The van der Waals surface area contributed by atoms with Crippen molar-refractivity contribution in [2.75, 3.05) is 19.8 Å². The third-order valence-corrected chi connectivity index (χ3v) is 3.32. The molecule has 2 aromatic heterocycles. The van der Waals surface area contributed by atoms with Crippen molar-refractivity contribution in [3.8, 4) is 11.5 Å². The van der Waals surface area contributed by atoms with Gasteiger partial charge >= 0.3 is 6.18 Å². The standard InChI is InChI=1S/C13H14F3N3O3S/c14-13(15,16)8-21-5-4-17-10(20)1-2-11-18-19-12(22-11)9-3-6-23-7-9/h3,6-7H,1-2,4-5,8H2,(H,17,20). The van der Waals surface area contributed by atoms with E-state index in [9.17, 15) is 18.0 Å². The minimum atomic E-state index is -4.36. The van der Waals surface area contributed by atoms with Crippen molar-refractivity contribution in [1.29, 1.82) is 0 Å². The molecule has 0 unspecified atom stereocenters. The van der Waals surface area contributed by atoms with Gasteiger partial charge in [-0.25, -0.2) is 0 Å². The number of hydrogen-bond acceptors (Lipinski definition) is 6. The van der Waals surface area contributed by atoms with E-state index in [1.807, 2.05) is 16.8 Å². The molecule has 0 aliphatic carbocycles. The zero-order chi connectivity index (χ0) is 16.7. The molecule has 0 spiro atoms. The highest BCUT2D eigenvalue weighted by molar-refractivity contribution is 7.08. The average molecular weight is 349 g/mol. The molecule has 10 heteroatoms. The number of aromatic nitrogens is 2. The van der Waals surface area contributed by atoms with Gasteiger partial charge in [-0.2, -0.15) is 24.5 Å². The Bertz CT molecular complexity index is 614. The zero-order valence-electron chi connectivity index (χ0n) is 11.9. The molecule has 0 aromatic carbocycles. The summed E-state index contributed by atoms with van der Waals surface area (Å²) in [7, 11) is 0. The topological polar surface area (TPSA) is 77.2 Å². The van der Waals surface area contributed by atoms with Gasteiger partial charge in [0.15, 0.2) is 0 Å². The van der Waals surface area contributed by atoms with Crippen LogP contribution in [-0.4, -0.2) is 42.0 Å². The monoisotopic (exact) mass is 349 g/mol. The number of aryl methyl sites for hydroxylation is 1. The van der Waals surface area contributed by atoms with Crippen LogP contribution >= 0.6 is 11.3 Å². The Morgan fingerprint density at radius 3 is 2.91 bits per heavy atom. The first-order chi connectivity index (χ1) is 10.9. The Kier molecular flexibility index (Phi) is 6.11. The van der Waals surface area contributed by atoms with Gasteiger partial charge in [-0.1, -0.05) is 0 Å². The fraction of sp³-hybridized carbons (Fsp3) is 0.462. The van der Waals surface area contributed by atoms with Crippen LogP contribution in [0.1, 0.15) is 12.3 Å². The van der Waals surface area contributed by atoms with Gasteiger partial charge < -0.3 is 14.5 Å². The highest BCUT2D eigenvalue weighted by Gasteiger charge is 2.27. The maximum Gasteiger partial charge on any atom is 0.411 e. The molecule has 0 saturated carbocycles. The number of amides is 1. The molecule has 0 bridgehead atoms. The van der Waals surface area contributed by atoms with Crippen molar-refractivity contribution in [2.24, 2.45) is 0 Å². The van der Waals surface area contributed by atoms with E-state index in [-0.39, 0.29) is 31.9 Å². The normalized spacial score (nSPS) is 11.6. The second kappa shape index (κ2) is 8.06. The van der Waals surface area contributed by atoms with E-state index in [0.29, 0.717) is 11.8 Å². The molecule has 2 aromatic rings. The lowest BCUT2D eigenvalue weighted by Crippen LogP contribution is -2.29. The van der Waals surface area contributed by atoms with E-state index in [1.54, 1.807) is 0 Å². The molecule has 23 heavy (non-hydrogen) atoms. The first-order valence-electron chi connectivity index (χ1n) is 6.70. The number of alkyl halides is 3. The number of carbonyl (C=O) groups excluding carboxylic acids is 1. The Balaban J connectivity index is 1.63. The molecular formula is C13H14F3N3O3S. The molecule has 0 aliphatic rings. The summed E-state index contributed by atoms with van der Waals surface area (Å²) in [6.07, 6.45) is -4.00. The van der Waals surface area contributed by atoms with Gasteiger partial charge in [0.25, 0.3) is 0 Å². The molecule has 0 radical (unpaired) electrons. The fourth-order valence-electron chi connectivity index (χ4n) is 1.62. The molecule has 126 valence electrons. The molecule has 2 rings (SSSR count). The van der Waals surface area contributed by atoms with Crippen molar-refractivity contribution < 1.29 is 27.1 Å². The predicted molar refractivity (Wildman–Crippen MR) is 75.8 cm³/mol. The SMILES string of the molecule is O=C(CCc1nnc(-c2ccsc2)o1)NCCOCC(F)(F)F. The van der Waals surface area contributed by atoms with E-state index in [0.717, 1.165) is 5.56 Å². The summed E-state index contributed by atoms with van der Waals surface area (Å²) < 4.78 is 45.2. The minimum absolute atomic E-state index is 0.0128. The van der Waals surface area contributed by atoms with Crippen LogP contribution < -0.4 is 5.32 Å². The number of nitrogens with zero attached hydrogens (tertiary/aromatic N) is 2. The van der Waals surface area contributed by atoms with Crippen molar-refractivity contribution in [3.63, 3.8) is 0 Å². The van der Waals surface area contributed by atoms with Crippen LogP contribution in [0.15, 0.2) is 21.2 Å². The van der Waals surface area contributed by atoms with Gasteiger partial charge in [0.1, 0.15) is 6.61 Å². The Labute approximate surface area is 133 Å². The number of carbonyl (C=O) groups is 1. The second-order valence-corrected chi connectivity index (χ2v) is 5.31. The molecule has 1 amide bonds. The lowest BCUT2D eigenvalue weighted by molar-refractivity contribution is -0.173. The molecule has 0 aliphatic heterocycles. The number of halogens is 3. The first kappa shape index (κ1) is 17.4. The van der Waals surface area contributed by atoms with Gasteiger partial charge in [0.2, 0.25) is 17.7 Å². The van der Waals surface area contributed by atoms with E-state index < -0.39 is 12.8 Å². The number of ether oxygens (including phenoxy) is 1. The highest BCUT2D eigenvalue weighted by atomic mass is 32.1. The van der Waals surface area contributed by atoms with Crippen LogP contribution in [0.2, 0.25) is 0 Å². The highest BCUT2D eigenvalue weighted by Crippen LogP contribution is 2.20. The molecule has 0 fully saturated rings.